The maximum absolute atomic E-state index is 12.7. The van der Waals surface area contributed by atoms with Crippen molar-refractivity contribution in [2.24, 2.45) is 0 Å². The average Bonchev–Trinajstić information content (AvgIpc) is 2.56. The van der Waals surface area contributed by atoms with Gasteiger partial charge in [0.1, 0.15) is 0 Å². The Morgan fingerprint density at radius 3 is 2.52 bits per heavy atom. The van der Waals surface area contributed by atoms with Gasteiger partial charge in [-0.3, -0.25) is 0 Å². The van der Waals surface area contributed by atoms with Gasteiger partial charge in [0, 0.05) is 19.1 Å². The molecule has 1 atom stereocenters. The van der Waals surface area contributed by atoms with Crippen LogP contribution in [0.2, 0.25) is 0 Å². The summed E-state index contributed by atoms with van der Waals surface area (Å²) >= 11 is 0. The zero-order valence-corrected chi connectivity index (χ0v) is 15.0. The number of nitrogens with one attached hydrogen (secondary N) is 2. The Labute approximate surface area is 140 Å². The van der Waals surface area contributed by atoms with Crippen LogP contribution < -0.4 is 10.0 Å². The minimum absolute atomic E-state index is 0.0587. The highest BCUT2D eigenvalue weighted by Gasteiger charge is 2.29. The zero-order chi connectivity index (χ0) is 16.7. The second kappa shape index (κ2) is 8.78. The van der Waals surface area contributed by atoms with Crippen LogP contribution in [-0.4, -0.2) is 44.9 Å². The highest BCUT2D eigenvalue weighted by atomic mass is 32.2. The van der Waals surface area contributed by atoms with Crippen molar-refractivity contribution in [3.63, 3.8) is 0 Å². The molecule has 1 heterocycles. The SMILES string of the molecule is CCC[C@@H](Cc1ccccc1)NS(=O)(=O)N(C)C1CCNCC1. The predicted molar refractivity (Wildman–Crippen MR) is 94.6 cm³/mol. The van der Waals surface area contributed by atoms with Crippen LogP contribution in [0.1, 0.15) is 38.2 Å². The summed E-state index contributed by atoms with van der Waals surface area (Å²) in [5, 5.41) is 3.27. The summed E-state index contributed by atoms with van der Waals surface area (Å²) in [6, 6.07) is 10.1. The maximum atomic E-state index is 12.7. The molecular formula is C17H29N3O2S. The van der Waals surface area contributed by atoms with Gasteiger partial charge in [-0.05, 0) is 44.3 Å². The summed E-state index contributed by atoms with van der Waals surface area (Å²) in [5.74, 6) is 0. The number of benzene rings is 1. The molecule has 1 aliphatic rings. The lowest BCUT2D eigenvalue weighted by Gasteiger charge is -2.32. The number of nitrogens with zero attached hydrogens (tertiary/aromatic N) is 1. The molecule has 2 rings (SSSR count). The summed E-state index contributed by atoms with van der Waals surface area (Å²) in [4.78, 5) is 0. The van der Waals surface area contributed by atoms with Crippen LogP contribution in [0.25, 0.3) is 0 Å². The second-order valence-electron chi connectivity index (χ2n) is 6.30. The molecule has 0 bridgehead atoms. The largest absolute Gasteiger partial charge is 0.317 e. The number of hydrogen-bond donors (Lipinski definition) is 2. The molecule has 6 heteroatoms. The Hall–Kier alpha value is -0.950. The van der Waals surface area contributed by atoms with E-state index in [0.717, 1.165) is 50.8 Å². The van der Waals surface area contributed by atoms with Crippen LogP contribution >= 0.6 is 0 Å². The first-order valence-electron chi connectivity index (χ1n) is 8.53. The van der Waals surface area contributed by atoms with Gasteiger partial charge in [0.05, 0.1) is 0 Å². The highest BCUT2D eigenvalue weighted by Crippen LogP contribution is 2.15. The monoisotopic (exact) mass is 339 g/mol. The van der Waals surface area contributed by atoms with Crippen LogP contribution in [0.4, 0.5) is 0 Å². The van der Waals surface area contributed by atoms with Crippen LogP contribution in [0.3, 0.4) is 0 Å². The fourth-order valence-corrected chi connectivity index (χ4v) is 4.50. The van der Waals surface area contributed by atoms with Crippen molar-refractivity contribution in [1.82, 2.24) is 14.3 Å². The second-order valence-corrected chi connectivity index (χ2v) is 8.06. The molecule has 1 aromatic carbocycles. The van der Waals surface area contributed by atoms with Crippen molar-refractivity contribution in [2.45, 2.75) is 51.1 Å². The fraction of sp³-hybridized carbons (Fsp3) is 0.647. The van der Waals surface area contributed by atoms with Gasteiger partial charge in [-0.15, -0.1) is 0 Å². The Bertz CT molecular complexity index is 556. The van der Waals surface area contributed by atoms with Crippen molar-refractivity contribution < 1.29 is 8.42 Å². The lowest BCUT2D eigenvalue weighted by molar-refractivity contribution is 0.291. The fourth-order valence-electron chi connectivity index (χ4n) is 3.11. The Morgan fingerprint density at radius 2 is 1.91 bits per heavy atom. The molecule has 0 unspecified atom stereocenters. The molecule has 23 heavy (non-hydrogen) atoms. The average molecular weight is 340 g/mol. The molecule has 1 aromatic rings. The zero-order valence-electron chi connectivity index (χ0n) is 14.2. The molecule has 130 valence electrons. The molecule has 0 radical (unpaired) electrons. The van der Waals surface area contributed by atoms with Gasteiger partial charge in [0.15, 0.2) is 0 Å². The first-order valence-corrected chi connectivity index (χ1v) is 9.97. The van der Waals surface area contributed by atoms with Gasteiger partial charge in [-0.1, -0.05) is 43.7 Å². The van der Waals surface area contributed by atoms with E-state index < -0.39 is 10.2 Å². The number of rotatable bonds is 8. The van der Waals surface area contributed by atoms with Gasteiger partial charge in [0.2, 0.25) is 0 Å². The molecule has 1 fully saturated rings. The van der Waals surface area contributed by atoms with Gasteiger partial charge in [0.25, 0.3) is 10.2 Å². The summed E-state index contributed by atoms with van der Waals surface area (Å²) in [7, 11) is -1.75. The van der Waals surface area contributed by atoms with E-state index in [1.165, 1.54) is 4.31 Å². The Morgan fingerprint density at radius 1 is 1.26 bits per heavy atom. The van der Waals surface area contributed by atoms with E-state index >= 15 is 0 Å². The van der Waals surface area contributed by atoms with E-state index in [1.54, 1.807) is 7.05 Å². The van der Waals surface area contributed by atoms with Gasteiger partial charge in [-0.25, -0.2) is 0 Å². The maximum Gasteiger partial charge on any atom is 0.279 e. The third-order valence-electron chi connectivity index (χ3n) is 4.48. The van der Waals surface area contributed by atoms with Gasteiger partial charge >= 0.3 is 0 Å². The topological polar surface area (TPSA) is 61.4 Å². The molecule has 1 aliphatic heterocycles. The van der Waals surface area contributed by atoms with E-state index in [1.807, 2.05) is 30.3 Å². The number of hydrogen-bond acceptors (Lipinski definition) is 3. The molecule has 0 aromatic heterocycles. The molecule has 0 saturated carbocycles. The lowest BCUT2D eigenvalue weighted by atomic mass is 10.0. The highest BCUT2D eigenvalue weighted by molar-refractivity contribution is 7.87. The van der Waals surface area contributed by atoms with Crippen molar-refractivity contribution in [3.05, 3.63) is 35.9 Å². The van der Waals surface area contributed by atoms with Crippen LogP contribution in [0.5, 0.6) is 0 Å². The minimum Gasteiger partial charge on any atom is -0.317 e. The quantitative estimate of drug-likeness (QED) is 0.761. The van der Waals surface area contributed by atoms with E-state index in [9.17, 15) is 8.42 Å². The molecule has 2 N–H and O–H groups in total. The Balaban J connectivity index is 2.01. The summed E-state index contributed by atoms with van der Waals surface area (Å²) in [6.07, 6.45) is 4.27. The predicted octanol–water partition coefficient (Wildman–Crippen LogP) is 1.92. The van der Waals surface area contributed by atoms with Gasteiger partial charge < -0.3 is 5.32 Å². The third-order valence-corrected chi connectivity index (χ3v) is 6.17. The molecule has 0 aliphatic carbocycles. The van der Waals surface area contributed by atoms with Crippen molar-refractivity contribution in [2.75, 3.05) is 20.1 Å². The minimum atomic E-state index is -3.45. The Kier molecular flexibility index (Phi) is 7.02. The summed E-state index contributed by atoms with van der Waals surface area (Å²) < 4.78 is 29.8. The first kappa shape index (κ1) is 18.4. The lowest BCUT2D eigenvalue weighted by Crippen LogP contribution is -2.50. The molecule has 1 saturated heterocycles. The van der Waals surface area contributed by atoms with Crippen molar-refractivity contribution in [3.8, 4) is 0 Å². The molecule has 5 nitrogen and oxygen atoms in total. The molecule has 0 amide bonds. The molecular weight excluding hydrogens is 310 g/mol. The third kappa shape index (κ3) is 5.57. The van der Waals surface area contributed by atoms with E-state index in [4.69, 9.17) is 0 Å². The van der Waals surface area contributed by atoms with Crippen LogP contribution in [0.15, 0.2) is 30.3 Å². The molecule has 0 spiro atoms. The first-order chi connectivity index (χ1) is 11.0. The van der Waals surface area contributed by atoms with E-state index in [0.29, 0.717) is 0 Å². The van der Waals surface area contributed by atoms with E-state index in [2.05, 4.69) is 17.0 Å². The van der Waals surface area contributed by atoms with Gasteiger partial charge in [-0.2, -0.15) is 17.4 Å². The normalized spacial score (nSPS) is 18.2. The number of piperidine rings is 1. The van der Waals surface area contributed by atoms with Crippen LogP contribution in [-0.2, 0) is 16.6 Å². The summed E-state index contributed by atoms with van der Waals surface area (Å²) in [6.45, 7) is 3.85. The van der Waals surface area contributed by atoms with Crippen molar-refractivity contribution in [1.29, 1.82) is 0 Å². The smallest absolute Gasteiger partial charge is 0.279 e. The van der Waals surface area contributed by atoms with Crippen molar-refractivity contribution >= 4 is 10.2 Å². The van der Waals surface area contributed by atoms with E-state index in [-0.39, 0.29) is 12.1 Å². The van der Waals surface area contributed by atoms with Crippen LogP contribution in [0, 0.1) is 0 Å². The standard InChI is InChI=1S/C17H29N3O2S/c1-3-7-16(14-15-8-5-4-6-9-15)19-23(21,22)20(2)17-10-12-18-13-11-17/h4-6,8-9,16-19H,3,7,10-14H2,1-2H3/t16-/m0/s1. The summed E-state index contributed by atoms with van der Waals surface area (Å²) in [5.41, 5.74) is 1.16.